The Morgan fingerprint density at radius 2 is 1.32 bits per heavy atom. The number of unbranched alkanes of at least 4 members (excludes halogenated alkanes) is 5. The normalized spacial score (nSPS) is 26.2. The monoisotopic (exact) mass is 378 g/mol. The molecule has 0 bridgehead atoms. The molecule has 1 heteroatoms. The van der Waals surface area contributed by atoms with E-state index in [-0.39, 0.29) is 0 Å². The zero-order chi connectivity index (χ0) is 13.8. The molecule has 2 atom stereocenters. The summed E-state index contributed by atoms with van der Waals surface area (Å²) >= 11 is 2.77. The van der Waals surface area contributed by atoms with Gasteiger partial charge in [-0.2, -0.15) is 0 Å². The fraction of sp³-hybridized carbons (Fsp3) is 1.00. The molecule has 0 aromatic rings. The largest absolute Gasteiger partial charge is 0.0823 e. The van der Waals surface area contributed by atoms with E-state index in [9.17, 15) is 0 Å². The molecule has 0 N–H and O–H groups in total. The van der Waals surface area contributed by atoms with Crippen LogP contribution in [0.15, 0.2) is 0 Å². The maximum absolute atomic E-state index is 2.77. The smallest absolute Gasteiger partial charge is 0.0138 e. The molecule has 0 amide bonds. The summed E-state index contributed by atoms with van der Waals surface area (Å²) in [6.45, 7) is 2.31. The molecule has 1 rings (SSSR count). The van der Waals surface area contributed by atoms with Crippen LogP contribution >= 0.6 is 22.6 Å². The van der Waals surface area contributed by atoms with Gasteiger partial charge in [0.2, 0.25) is 0 Å². The number of halogens is 1. The molecule has 0 spiro atoms. The molecule has 0 aliphatic heterocycles. The zero-order valence-corrected chi connectivity index (χ0v) is 15.3. The first-order chi connectivity index (χ1) is 9.34. The SMILES string of the molecule is CCCCCCCCC1CCCCCCCCC1I. The van der Waals surface area contributed by atoms with Crippen molar-refractivity contribution in [3.63, 3.8) is 0 Å². The molecule has 1 aliphatic rings. The zero-order valence-electron chi connectivity index (χ0n) is 13.1. The molecule has 0 heterocycles. The lowest BCUT2D eigenvalue weighted by molar-refractivity contribution is 0.374. The van der Waals surface area contributed by atoms with Gasteiger partial charge in [-0.1, -0.05) is 107 Å². The molecule has 19 heavy (non-hydrogen) atoms. The minimum atomic E-state index is 0.964. The Kier molecular flexibility index (Phi) is 11.7. The minimum Gasteiger partial charge on any atom is -0.0823 e. The summed E-state index contributed by atoms with van der Waals surface area (Å²) < 4.78 is 0.964. The van der Waals surface area contributed by atoms with Crippen LogP contribution in [0, 0.1) is 5.92 Å². The third-order valence-corrected chi connectivity index (χ3v) is 6.38. The first-order valence-electron chi connectivity index (χ1n) is 8.98. The standard InChI is InChI=1S/C18H35I/c1-2-3-4-5-8-11-14-17-15-12-9-6-7-10-13-16-18(17)19/h17-18H,2-16H2,1H3. The summed E-state index contributed by atoms with van der Waals surface area (Å²) in [6, 6.07) is 0. The summed E-state index contributed by atoms with van der Waals surface area (Å²) in [5, 5.41) is 0. The average Bonchev–Trinajstić information content (AvgIpc) is 2.43. The van der Waals surface area contributed by atoms with Crippen molar-refractivity contribution in [1.82, 2.24) is 0 Å². The Morgan fingerprint density at radius 3 is 2.05 bits per heavy atom. The van der Waals surface area contributed by atoms with Crippen LogP contribution < -0.4 is 0 Å². The Hall–Kier alpha value is 0.730. The highest BCUT2D eigenvalue weighted by Gasteiger charge is 2.18. The van der Waals surface area contributed by atoms with E-state index in [0.29, 0.717) is 0 Å². The van der Waals surface area contributed by atoms with Crippen molar-refractivity contribution in [1.29, 1.82) is 0 Å². The van der Waals surface area contributed by atoms with E-state index < -0.39 is 0 Å². The van der Waals surface area contributed by atoms with Crippen LogP contribution in [0.2, 0.25) is 0 Å². The van der Waals surface area contributed by atoms with Gasteiger partial charge in [0.1, 0.15) is 0 Å². The highest BCUT2D eigenvalue weighted by Crippen LogP contribution is 2.31. The van der Waals surface area contributed by atoms with E-state index in [2.05, 4.69) is 29.5 Å². The lowest BCUT2D eigenvalue weighted by Crippen LogP contribution is -2.15. The molecule has 0 saturated heterocycles. The molecular weight excluding hydrogens is 343 g/mol. The number of rotatable bonds is 7. The van der Waals surface area contributed by atoms with Gasteiger partial charge in [0.05, 0.1) is 0 Å². The molecule has 0 aromatic carbocycles. The Balaban J connectivity index is 2.15. The lowest BCUT2D eigenvalue weighted by atomic mass is 9.88. The fourth-order valence-corrected chi connectivity index (χ4v) is 4.54. The van der Waals surface area contributed by atoms with E-state index in [1.54, 1.807) is 0 Å². The Bertz CT molecular complexity index is 190. The van der Waals surface area contributed by atoms with Crippen LogP contribution in [-0.4, -0.2) is 3.92 Å². The second kappa shape index (κ2) is 12.5. The lowest BCUT2D eigenvalue weighted by Gasteiger charge is -2.24. The predicted molar refractivity (Wildman–Crippen MR) is 96.2 cm³/mol. The van der Waals surface area contributed by atoms with Gasteiger partial charge in [0, 0.05) is 3.92 Å². The number of hydrogen-bond acceptors (Lipinski definition) is 0. The molecule has 0 nitrogen and oxygen atoms in total. The maximum atomic E-state index is 2.77. The quantitative estimate of drug-likeness (QED) is 0.248. The van der Waals surface area contributed by atoms with Gasteiger partial charge in [0.15, 0.2) is 0 Å². The summed E-state index contributed by atoms with van der Waals surface area (Å²) in [6.07, 6.45) is 22.2. The van der Waals surface area contributed by atoms with Gasteiger partial charge in [-0.05, 0) is 25.2 Å². The third kappa shape index (κ3) is 9.31. The molecule has 114 valence electrons. The van der Waals surface area contributed by atoms with Crippen molar-refractivity contribution in [3.8, 4) is 0 Å². The minimum absolute atomic E-state index is 0.964. The van der Waals surface area contributed by atoms with E-state index in [0.717, 1.165) is 9.84 Å². The summed E-state index contributed by atoms with van der Waals surface area (Å²) in [5.41, 5.74) is 0. The van der Waals surface area contributed by atoms with E-state index in [4.69, 9.17) is 0 Å². The van der Waals surface area contributed by atoms with E-state index >= 15 is 0 Å². The average molecular weight is 378 g/mol. The van der Waals surface area contributed by atoms with Gasteiger partial charge >= 0.3 is 0 Å². The Morgan fingerprint density at radius 1 is 0.737 bits per heavy atom. The number of alkyl halides is 1. The highest BCUT2D eigenvalue weighted by molar-refractivity contribution is 14.1. The molecule has 1 saturated carbocycles. The second-order valence-electron chi connectivity index (χ2n) is 6.53. The topological polar surface area (TPSA) is 0 Å². The fourth-order valence-electron chi connectivity index (χ4n) is 3.38. The predicted octanol–water partition coefficient (Wildman–Crippen LogP) is 7.29. The van der Waals surface area contributed by atoms with Crippen molar-refractivity contribution in [2.45, 2.75) is 107 Å². The molecule has 2 unspecified atom stereocenters. The van der Waals surface area contributed by atoms with Crippen LogP contribution in [0.3, 0.4) is 0 Å². The van der Waals surface area contributed by atoms with E-state index in [1.807, 2.05) is 0 Å². The highest BCUT2D eigenvalue weighted by atomic mass is 127. The van der Waals surface area contributed by atoms with Gasteiger partial charge in [-0.3, -0.25) is 0 Å². The van der Waals surface area contributed by atoms with Crippen molar-refractivity contribution in [2.24, 2.45) is 5.92 Å². The molecule has 0 aromatic heterocycles. The molecule has 1 aliphatic carbocycles. The summed E-state index contributed by atoms with van der Waals surface area (Å²) in [5.74, 6) is 1.03. The van der Waals surface area contributed by atoms with Crippen molar-refractivity contribution >= 4 is 22.6 Å². The van der Waals surface area contributed by atoms with E-state index in [1.165, 1.54) is 96.3 Å². The van der Waals surface area contributed by atoms with Crippen LogP contribution in [0.1, 0.15) is 103 Å². The first-order valence-corrected chi connectivity index (χ1v) is 10.2. The van der Waals surface area contributed by atoms with Crippen molar-refractivity contribution < 1.29 is 0 Å². The van der Waals surface area contributed by atoms with Crippen LogP contribution in [-0.2, 0) is 0 Å². The molecule has 1 fully saturated rings. The first kappa shape index (κ1) is 17.8. The summed E-state index contributed by atoms with van der Waals surface area (Å²) in [4.78, 5) is 0. The molecule has 0 radical (unpaired) electrons. The van der Waals surface area contributed by atoms with Gasteiger partial charge in [-0.25, -0.2) is 0 Å². The van der Waals surface area contributed by atoms with Crippen LogP contribution in [0.5, 0.6) is 0 Å². The van der Waals surface area contributed by atoms with Crippen LogP contribution in [0.25, 0.3) is 0 Å². The van der Waals surface area contributed by atoms with Crippen molar-refractivity contribution in [3.05, 3.63) is 0 Å². The molecular formula is C18H35I. The summed E-state index contributed by atoms with van der Waals surface area (Å²) in [7, 11) is 0. The number of hydrogen-bond donors (Lipinski definition) is 0. The van der Waals surface area contributed by atoms with Crippen molar-refractivity contribution in [2.75, 3.05) is 0 Å². The Labute approximate surface area is 135 Å². The third-order valence-electron chi connectivity index (χ3n) is 4.74. The second-order valence-corrected chi connectivity index (χ2v) is 8.13. The van der Waals surface area contributed by atoms with Crippen LogP contribution in [0.4, 0.5) is 0 Å². The van der Waals surface area contributed by atoms with Gasteiger partial charge in [0.25, 0.3) is 0 Å². The maximum Gasteiger partial charge on any atom is 0.0138 e. The van der Waals surface area contributed by atoms with Gasteiger partial charge in [-0.15, -0.1) is 0 Å². The van der Waals surface area contributed by atoms with Gasteiger partial charge < -0.3 is 0 Å².